The normalized spacial score (nSPS) is 16.2. The molecule has 0 aliphatic heterocycles. The van der Waals surface area contributed by atoms with E-state index >= 15 is 0 Å². The highest BCUT2D eigenvalue weighted by Gasteiger charge is 2.96. The van der Waals surface area contributed by atoms with Gasteiger partial charge in [0, 0.05) is 13.1 Å². The van der Waals surface area contributed by atoms with Crippen molar-refractivity contribution in [1.29, 1.82) is 0 Å². The van der Waals surface area contributed by atoms with E-state index in [9.17, 15) is 83.1 Å². The van der Waals surface area contributed by atoms with Crippen molar-refractivity contribution in [3.8, 4) is 0 Å². The molecule has 0 aliphatic carbocycles. The van der Waals surface area contributed by atoms with Crippen LogP contribution in [0.5, 0.6) is 0 Å². The van der Waals surface area contributed by atoms with Crippen molar-refractivity contribution < 1.29 is 83.1 Å². The second kappa shape index (κ2) is 9.23. The lowest BCUT2D eigenvalue weighted by atomic mass is 9.91. The van der Waals surface area contributed by atoms with E-state index < -0.39 is 80.8 Å². The molecule has 0 N–H and O–H groups in total. The first-order valence-corrected chi connectivity index (χ1v) is 9.96. The number of hydrogen-bond donors (Lipinski definition) is 0. The summed E-state index contributed by atoms with van der Waals surface area (Å²) < 4.78 is 247. The average Bonchev–Trinajstić information content (AvgIpc) is 2.66. The van der Waals surface area contributed by atoms with Gasteiger partial charge in [0.25, 0.3) is 10.0 Å². The van der Waals surface area contributed by atoms with Crippen molar-refractivity contribution in [2.24, 2.45) is 0 Å². The lowest BCUT2D eigenvalue weighted by Gasteiger charge is -2.43. The Hall–Kier alpha value is -1.28. The minimum absolute atomic E-state index is 0.0864. The number of rotatable bonds is 12. The van der Waals surface area contributed by atoms with Crippen LogP contribution in [-0.2, 0) is 10.0 Å². The van der Waals surface area contributed by atoms with Gasteiger partial charge >= 0.3 is 47.0 Å². The fourth-order valence-electron chi connectivity index (χ4n) is 2.16. The minimum Gasteiger partial charge on any atom is -0.206 e. The minimum atomic E-state index is -8.83. The number of sulfonamides is 1. The van der Waals surface area contributed by atoms with Gasteiger partial charge in [-0.3, -0.25) is 0 Å². The van der Waals surface area contributed by atoms with Crippen molar-refractivity contribution in [3.05, 3.63) is 6.92 Å². The molecule has 0 amide bonds. The van der Waals surface area contributed by atoms with Crippen molar-refractivity contribution in [2.45, 2.75) is 66.7 Å². The third-order valence-corrected chi connectivity index (χ3v) is 6.32. The molecule has 0 rings (SSSR count). The molecule has 0 saturated carbocycles. The van der Waals surface area contributed by atoms with Crippen LogP contribution >= 0.6 is 0 Å². The molecule has 0 unspecified atom stereocenters. The molecule has 0 aromatic heterocycles. The topological polar surface area (TPSA) is 37.4 Å². The summed E-state index contributed by atoms with van der Waals surface area (Å²) >= 11 is 0. The van der Waals surface area contributed by atoms with Crippen molar-refractivity contribution in [3.63, 3.8) is 0 Å². The third kappa shape index (κ3) is 4.51. The quantitative estimate of drug-likeness (QED) is 0.257. The molecule has 0 aliphatic rings. The van der Waals surface area contributed by atoms with Crippen molar-refractivity contribution in [2.75, 3.05) is 13.1 Å². The first-order chi connectivity index (χ1) is 15.0. The highest BCUT2D eigenvalue weighted by molar-refractivity contribution is 7.90. The molecular formula is C14H13F17NO2S. The predicted octanol–water partition coefficient (Wildman–Crippen LogP) is 6.22. The summed E-state index contributed by atoms with van der Waals surface area (Å²) in [5, 5.41) is -7.53. The summed E-state index contributed by atoms with van der Waals surface area (Å²) in [7, 11) is -7.24. The smallest absolute Gasteiger partial charge is 0.206 e. The largest absolute Gasteiger partial charge is 0.460 e. The maximum Gasteiger partial charge on any atom is 0.460 e. The van der Waals surface area contributed by atoms with E-state index in [2.05, 4.69) is 6.92 Å². The molecule has 0 aromatic carbocycles. The van der Waals surface area contributed by atoms with Crippen LogP contribution in [0.1, 0.15) is 19.8 Å². The van der Waals surface area contributed by atoms with Gasteiger partial charge in [0.15, 0.2) is 0 Å². The van der Waals surface area contributed by atoms with E-state index in [0.29, 0.717) is 0 Å². The lowest BCUT2D eigenvalue weighted by Crippen LogP contribution is -2.75. The Bertz CT molecular complexity index is 849. The molecule has 0 aromatic rings. The Morgan fingerprint density at radius 1 is 0.600 bits per heavy atom. The first-order valence-electron chi connectivity index (χ1n) is 8.52. The Kier molecular flexibility index (Phi) is 8.89. The number of hydrogen-bond acceptors (Lipinski definition) is 2. The predicted molar refractivity (Wildman–Crippen MR) is 81.4 cm³/mol. The maximum atomic E-state index is 14.0. The van der Waals surface area contributed by atoms with Crippen LogP contribution in [0.4, 0.5) is 74.6 Å². The number of alkyl halides is 17. The second-order valence-electron chi connectivity index (χ2n) is 6.72. The van der Waals surface area contributed by atoms with E-state index in [4.69, 9.17) is 0 Å². The van der Waals surface area contributed by atoms with E-state index in [1.165, 1.54) is 6.92 Å². The third-order valence-electron chi connectivity index (χ3n) is 4.37. The molecule has 0 saturated heterocycles. The lowest BCUT2D eigenvalue weighted by molar-refractivity contribution is -0.458. The van der Waals surface area contributed by atoms with Gasteiger partial charge in [-0.1, -0.05) is 13.3 Å². The van der Waals surface area contributed by atoms with Gasteiger partial charge in [-0.05, 0) is 13.3 Å². The van der Waals surface area contributed by atoms with Gasteiger partial charge in [-0.25, -0.2) is 8.42 Å². The fourth-order valence-corrected chi connectivity index (χ4v) is 3.55. The van der Waals surface area contributed by atoms with Crippen LogP contribution in [0.2, 0.25) is 0 Å². The summed E-state index contributed by atoms with van der Waals surface area (Å²) in [5.74, 6) is -51.6. The van der Waals surface area contributed by atoms with E-state index in [1.54, 1.807) is 0 Å². The second-order valence-corrected chi connectivity index (χ2v) is 8.70. The van der Waals surface area contributed by atoms with Crippen molar-refractivity contribution >= 4 is 10.0 Å². The Morgan fingerprint density at radius 2 is 0.914 bits per heavy atom. The van der Waals surface area contributed by atoms with Crippen LogP contribution in [0, 0.1) is 6.92 Å². The molecular weight excluding hydrogens is 569 g/mol. The summed E-state index contributed by atoms with van der Waals surface area (Å²) in [5.41, 5.74) is 0. The Labute approximate surface area is 185 Å². The van der Waals surface area contributed by atoms with Crippen LogP contribution < -0.4 is 0 Å². The monoisotopic (exact) mass is 582 g/mol. The molecule has 0 heterocycles. The van der Waals surface area contributed by atoms with Gasteiger partial charge in [-0.15, -0.1) is 0 Å². The molecule has 0 bridgehead atoms. The van der Waals surface area contributed by atoms with Crippen LogP contribution in [0.3, 0.4) is 0 Å². The first kappa shape index (κ1) is 33.7. The molecule has 0 spiro atoms. The van der Waals surface area contributed by atoms with Gasteiger partial charge in [0.1, 0.15) is 0 Å². The van der Waals surface area contributed by atoms with E-state index in [-0.39, 0.29) is 6.42 Å². The molecule has 3 nitrogen and oxygen atoms in total. The van der Waals surface area contributed by atoms with Gasteiger partial charge < -0.3 is 0 Å². The molecule has 211 valence electrons. The van der Waals surface area contributed by atoms with E-state index in [0.717, 1.165) is 0 Å². The summed E-state index contributed by atoms with van der Waals surface area (Å²) in [6, 6.07) is 0. The maximum absolute atomic E-state index is 14.0. The molecule has 35 heavy (non-hydrogen) atoms. The average molecular weight is 582 g/mol. The van der Waals surface area contributed by atoms with Crippen LogP contribution in [0.15, 0.2) is 0 Å². The summed E-state index contributed by atoms with van der Waals surface area (Å²) in [6.45, 7) is 1.22. The SMILES string of the molecule is [CH2]CN(CCCC)S(=O)(=O)C(F)(F)C(F)(F)C(F)(F)C(F)(F)C(F)(F)C(F)(F)C(F)(F)C(F)(F)F. The zero-order valence-electron chi connectivity index (χ0n) is 16.6. The zero-order chi connectivity index (χ0) is 28.9. The number of unbranched alkanes of at least 4 members (excludes halogenated alkanes) is 1. The number of nitrogens with zero attached hydrogens (tertiary/aromatic N) is 1. The van der Waals surface area contributed by atoms with Gasteiger partial charge in [0.05, 0.1) is 0 Å². The summed E-state index contributed by atoms with van der Waals surface area (Å²) in [6.07, 6.45) is -8.42. The number of halogens is 17. The highest BCUT2D eigenvalue weighted by Crippen LogP contribution is 2.64. The summed E-state index contributed by atoms with van der Waals surface area (Å²) in [4.78, 5) is 0. The molecule has 0 atom stereocenters. The fraction of sp³-hybridized carbons (Fsp3) is 0.929. The van der Waals surface area contributed by atoms with Crippen LogP contribution in [0.25, 0.3) is 0 Å². The van der Waals surface area contributed by atoms with Crippen molar-refractivity contribution in [1.82, 2.24) is 4.31 Å². The Balaban J connectivity index is 6.96. The standard InChI is InChI=1S/C14H13F17NO2S/c1-3-5-6-32(4-2)35(33,34)14(30,31)12(25,26)10(21,22)8(17,18)7(15,16)9(19,20)11(23,24)13(27,28)29/h2-6H2,1H3. The highest BCUT2D eigenvalue weighted by atomic mass is 32.2. The van der Waals surface area contributed by atoms with E-state index in [1.807, 2.05) is 0 Å². The zero-order valence-corrected chi connectivity index (χ0v) is 17.4. The Morgan fingerprint density at radius 3 is 1.20 bits per heavy atom. The van der Waals surface area contributed by atoms with Crippen LogP contribution in [-0.4, -0.2) is 72.8 Å². The van der Waals surface area contributed by atoms with Gasteiger partial charge in [-0.2, -0.15) is 78.9 Å². The van der Waals surface area contributed by atoms with Gasteiger partial charge in [0.2, 0.25) is 0 Å². The molecule has 21 heteroatoms. The molecule has 0 fully saturated rings. The molecule has 1 radical (unpaired) electrons.